The van der Waals surface area contributed by atoms with Crippen LogP contribution in [0.3, 0.4) is 0 Å². The van der Waals surface area contributed by atoms with Crippen LogP contribution in [0.1, 0.15) is 32.0 Å². The van der Waals surface area contributed by atoms with Gasteiger partial charge in [0, 0.05) is 12.4 Å². The van der Waals surface area contributed by atoms with E-state index in [2.05, 4.69) is 36.8 Å². The van der Waals surface area contributed by atoms with Gasteiger partial charge in [-0.2, -0.15) is 0 Å². The Kier molecular flexibility index (Phi) is 3.99. The number of nitrogens with two attached hydrogens (primary N) is 1. The second kappa shape index (κ2) is 5.54. The molecule has 0 aliphatic rings. The first-order valence-electron chi connectivity index (χ1n) is 6.27. The first kappa shape index (κ1) is 14.4. The maximum Gasteiger partial charge on any atom is 0.248 e. The summed E-state index contributed by atoms with van der Waals surface area (Å²) in [5.41, 5.74) is 7.23. The lowest BCUT2D eigenvalue weighted by Crippen LogP contribution is -2.14. The van der Waals surface area contributed by atoms with Gasteiger partial charge in [-0.25, -0.2) is 9.97 Å². The van der Waals surface area contributed by atoms with Crippen molar-refractivity contribution < 1.29 is 4.74 Å². The molecule has 1 aromatic heterocycles. The lowest BCUT2D eigenvalue weighted by atomic mass is 9.87. The average Bonchev–Trinajstić information content (AvgIpc) is 2.38. The summed E-state index contributed by atoms with van der Waals surface area (Å²) < 4.78 is 5.77. The van der Waals surface area contributed by atoms with E-state index >= 15 is 0 Å². The maximum absolute atomic E-state index is 5.77. The summed E-state index contributed by atoms with van der Waals surface area (Å²) in [6.07, 6.45) is 3.08. The lowest BCUT2D eigenvalue weighted by molar-refractivity contribution is 0.456. The molecule has 0 atom stereocenters. The second-order valence-electron chi connectivity index (χ2n) is 5.45. The third-order valence-electron chi connectivity index (χ3n) is 2.81. The lowest BCUT2D eigenvalue weighted by Gasteiger charge is -2.19. The molecule has 4 nitrogen and oxygen atoms in total. The Morgan fingerprint density at radius 1 is 1.20 bits per heavy atom. The van der Waals surface area contributed by atoms with Crippen LogP contribution in [0, 0.1) is 0 Å². The molecule has 0 saturated heterocycles. The van der Waals surface area contributed by atoms with Crippen molar-refractivity contribution in [1.82, 2.24) is 9.97 Å². The van der Waals surface area contributed by atoms with Gasteiger partial charge in [0.15, 0.2) is 5.69 Å². The zero-order valence-electron chi connectivity index (χ0n) is 11.8. The van der Waals surface area contributed by atoms with Gasteiger partial charge in [-0.05, 0) is 23.1 Å². The van der Waals surface area contributed by atoms with Crippen molar-refractivity contribution in [3.05, 3.63) is 47.9 Å². The summed E-state index contributed by atoms with van der Waals surface area (Å²) in [4.78, 5) is 8.39. The first-order chi connectivity index (χ1) is 9.38. The number of rotatable bonds is 3. The summed E-state index contributed by atoms with van der Waals surface area (Å²) in [7, 11) is 0. The Morgan fingerprint density at radius 3 is 2.55 bits per heavy atom. The topological polar surface area (TPSA) is 61.0 Å². The molecule has 5 heteroatoms. The molecule has 1 heterocycles. The van der Waals surface area contributed by atoms with Crippen LogP contribution in [-0.4, -0.2) is 15.0 Å². The number of hydrogen-bond donors (Lipinski definition) is 1. The van der Waals surface area contributed by atoms with Crippen molar-refractivity contribution in [2.45, 2.75) is 26.2 Å². The van der Waals surface area contributed by atoms with E-state index in [4.69, 9.17) is 22.7 Å². The number of ether oxygens (including phenoxy) is 1. The van der Waals surface area contributed by atoms with Crippen LogP contribution in [0.4, 0.5) is 0 Å². The van der Waals surface area contributed by atoms with Crippen molar-refractivity contribution in [2.75, 3.05) is 0 Å². The van der Waals surface area contributed by atoms with Gasteiger partial charge in [0.1, 0.15) is 10.7 Å². The zero-order chi connectivity index (χ0) is 14.8. The molecule has 104 valence electrons. The van der Waals surface area contributed by atoms with Gasteiger partial charge in [-0.3, -0.25) is 0 Å². The van der Waals surface area contributed by atoms with Gasteiger partial charge >= 0.3 is 0 Å². The highest BCUT2D eigenvalue weighted by Crippen LogP contribution is 2.28. The monoisotopic (exact) mass is 287 g/mol. The van der Waals surface area contributed by atoms with Gasteiger partial charge in [0.2, 0.25) is 5.88 Å². The standard InChI is InChI=1S/C15H17N3OS/c1-15(2,3)10-5-4-6-11(9-10)19-14-12(13(16)20)17-7-8-18-14/h4-9H,1-3H3,(H2,16,20). The molecule has 2 aromatic rings. The van der Waals surface area contributed by atoms with Crippen LogP contribution in [0.25, 0.3) is 0 Å². The van der Waals surface area contributed by atoms with Crippen molar-refractivity contribution in [3.63, 3.8) is 0 Å². The molecular weight excluding hydrogens is 270 g/mol. The van der Waals surface area contributed by atoms with Gasteiger partial charge in [-0.15, -0.1) is 0 Å². The normalized spacial score (nSPS) is 11.2. The van der Waals surface area contributed by atoms with E-state index in [0.717, 1.165) is 0 Å². The summed E-state index contributed by atoms with van der Waals surface area (Å²) in [5.74, 6) is 1.02. The van der Waals surface area contributed by atoms with E-state index in [1.807, 2.05) is 18.2 Å². The van der Waals surface area contributed by atoms with Crippen LogP contribution >= 0.6 is 12.2 Å². The molecule has 0 bridgehead atoms. The second-order valence-corrected chi connectivity index (χ2v) is 5.89. The van der Waals surface area contributed by atoms with Crippen molar-refractivity contribution >= 4 is 17.2 Å². The number of aromatic nitrogens is 2. The van der Waals surface area contributed by atoms with Crippen LogP contribution < -0.4 is 10.5 Å². The van der Waals surface area contributed by atoms with Crippen molar-refractivity contribution in [1.29, 1.82) is 0 Å². The van der Waals surface area contributed by atoms with Crippen molar-refractivity contribution in [2.24, 2.45) is 5.73 Å². The molecule has 0 unspecified atom stereocenters. The molecule has 0 fully saturated rings. The SMILES string of the molecule is CC(C)(C)c1cccc(Oc2nccnc2C(N)=S)c1. The summed E-state index contributed by atoms with van der Waals surface area (Å²) in [5, 5.41) is 0. The molecule has 1 aromatic carbocycles. The molecule has 0 radical (unpaired) electrons. The van der Waals surface area contributed by atoms with Crippen LogP contribution in [-0.2, 0) is 5.41 Å². The largest absolute Gasteiger partial charge is 0.437 e. The van der Waals surface area contributed by atoms with Gasteiger partial charge in [0.05, 0.1) is 0 Å². The predicted octanol–water partition coefficient (Wildman–Crippen LogP) is 3.20. The minimum atomic E-state index is 0.0493. The quantitative estimate of drug-likeness (QED) is 0.878. The molecular formula is C15H17N3OS. The molecule has 0 saturated carbocycles. The van der Waals surface area contributed by atoms with Gasteiger partial charge in [0.25, 0.3) is 0 Å². The fourth-order valence-corrected chi connectivity index (χ4v) is 1.85. The number of nitrogens with zero attached hydrogens (tertiary/aromatic N) is 2. The Labute approximate surface area is 124 Å². The van der Waals surface area contributed by atoms with E-state index in [-0.39, 0.29) is 10.4 Å². The minimum absolute atomic E-state index is 0.0493. The fraction of sp³-hybridized carbons (Fsp3) is 0.267. The summed E-state index contributed by atoms with van der Waals surface area (Å²) in [6.45, 7) is 6.44. The highest BCUT2D eigenvalue weighted by molar-refractivity contribution is 7.80. The van der Waals surface area contributed by atoms with Crippen LogP contribution in [0.5, 0.6) is 11.6 Å². The number of thiocarbonyl (C=S) groups is 1. The highest BCUT2D eigenvalue weighted by atomic mass is 32.1. The number of benzene rings is 1. The number of hydrogen-bond acceptors (Lipinski definition) is 4. The third-order valence-corrected chi connectivity index (χ3v) is 3.01. The molecule has 0 aliphatic heterocycles. The summed E-state index contributed by atoms with van der Waals surface area (Å²) >= 11 is 4.95. The van der Waals surface area contributed by atoms with Crippen LogP contribution in [0.2, 0.25) is 0 Å². The molecule has 0 amide bonds. The smallest absolute Gasteiger partial charge is 0.248 e. The van der Waals surface area contributed by atoms with Gasteiger partial charge in [-0.1, -0.05) is 45.1 Å². The van der Waals surface area contributed by atoms with E-state index in [0.29, 0.717) is 17.3 Å². The zero-order valence-corrected chi connectivity index (χ0v) is 12.6. The third kappa shape index (κ3) is 3.30. The Morgan fingerprint density at radius 2 is 1.90 bits per heavy atom. The highest BCUT2D eigenvalue weighted by Gasteiger charge is 2.15. The Hall–Kier alpha value is -2.01. The molecule has 20 heavy (non-hydrogen) atoms. The average molecular weight is 287 g/mol. The van der Waals surface area contributed by atoms with Gasteiger partial charge < -0.3 is 10.5 Å². The fourth-order valence-electron chi connectivity index (χ4n) is 1.71. The molecule has 0 aliphatic carbocycles. The molecule has 0 spiro atoms. The van der Waals surface area contributed by atoms with E-state index in [1.165, 1.54) is 11.8 Å². The van der Waals surface area contributed by atoms with Crippen molar-refractivity contribution in [3.8, 4) is 11.6 Å². The Balaban J connectivity index is 2.34. The first-order valence-corrected chi connectivity index (χ1v) is 6.68. The molecule has 2 rings (SSSR count). The Bertz CT molecular complexity index is 635. The maximum atomic E-state index is 5.77. The molecule has 2 N–H and O–H groups in total. The van der Waals surface area contributed by atoms with E-state index < -0.39 is 0 Å². The predicted molar refractivity (Wildman–Crippen MR) is 83.1 cm³/mol. The van der Waals surface area contributed by atoms with E-state index in [9.17, 15) is 0 Å². The van der Waals surface area contributed by atoms with E-state index in [1.54, 1.807) is 6.20 Å². The summed E-state index contributed by atoms with van der Waals surface area (Å²) in [6, 6.07) is 7.87. The van der Waals surface area contributed by atoms with Crippen LogP contribution in [0.15, 0.2) is 36.7 Å². The minimum Gasteiger partial charge on any atom is -0.437 e.